The molecule has 5 heteroatoms. The lowest BCUT2D eigenvalue weighted by atomic mass is 10.1. The minimum atomic E-state index is 0.564. The molecular formula is C15H21N3OS. The third kappa shape index (κ3) is 3.95. The monoisotopic (exact) mass is 291 g/mol. The van der Waals surface area contributed by atoms with E-state index in [4.69, 9.17) is 10.5 Å². The van der Waals surface area contributed by atoms with Crippen molar-refractivity contribution in [1.29, 1.82) is 0 Å². The topological polar surface area (TPSA) is 60.2 Å². The highest BCUT2D eigenvalue weighted by Gasteiger charge is 2.12. The van der Waals surface area contributed by atoms with E-state index in [9.17, 15) is 0 Å². The van der Waals surface area contributed by atoms with Gasteiger partial charge < -0.3 is 15.8 Å². The van der Waals surface area contributed by atoms with Crippen molar-refractivity contribution in [2.45, 2.75) is 13.8 Å². The summed E-state index contributed by atoms with van der Waals surface area (Å²) in [6.07, 6.45) is 0. The summed E-state index contributed by atoms with van der Waals surface area (Å²) in [6.45, 7) is 6.52. The minimum Gasteiger partial charge on any atom is -0.382 e. The van der Waals surface area contributed by atoms with Gasteiger partial charge in [0, 0.05) is 13.2 Å². The maximum absolute atomic E-state index is 5.97. The van der Waals surface area contributed by atoms with E-state index in [0.717, 1.165) is 29.3 Å². The highest BCUT2D eigenvalue weighted by atomic mass is 32.1. The summed E-state index contributed by atoms with van der Waals surface area (Å²) in [5, 5.41) is 4.36. The van der Waals surface area contributed by atoms with Crippen molar-refractivity contribution in [3.63, 3.8) is 0 Å². The lowest BCUT2D eigenvalue weighted by molar-refractivity contribution is 0.118. The standard InChI is InChI=1S/C15H21N3OS/c1-11(2)10-19-9-8-17-15-13(14(16)18-20-15)12-6-4-3-5-7-12/h3-7,11,17H,8-10H2,1-2H3,(H2,16,18). The van der Waals surface area contributed by atoms with Crippen molar-refractivity contribution in [3.8, 4) is 11.1 Å². The van der Waals surface area contributed by atoms with Crippen molar-refractivity contribution in [2.75, 3.05) is 30.8 Å². The van der Waals surface area contributed by atoms with Crippen molar-refractivity contribution >= 4 is 22.4 Å². The molecule has 2 rings (SSSR count). The quantitative estimate of drug-likeness (QED) is 0.767. The molecule has 0 spiro atoms. The molecule has 0 aliphatic rings. The molecule has 1 aromatic carbocycles. The zero-order valence-corrected chi connectivity index (χ0v) is 12.7. The van der Waals surface area contributed by atoms with Gasteiger partial charge in [0.25, 0.3) is 0 Å². The molecule has 108 valence electrons. The van der Waals surface area contributed by atoms with Crippen LogP contribution in [0.3, 0.4) is 0 Å². The molecule has 0 bridgehead atoms. The first-order valence-electron chi connectivity index (χ1n) is 6.80. The normalized spacial score (nSPS) is 10.9. The number of anilines is 2. The van der Waals surface area contributed by atoms with E-state index >= 15 is 0 Å². The Bertz CT molecular complexity index is 525. The molecule has 3 N–H and O–H groups in total. The van der Waals surface area contributed by atoms with Crippen LogP contribution in [-0.4, -0.2) is 24.1 Å². The average molecular weight is 291 g/mol. The maximum atomic E-state index is 5.97. The lowest BCUT2D eigenvalue weighted by Crippen LogP contribution is -2.11. The Morgan fingerprint density at radius 1 is 1.30 bits per heavy atom. The molecule has 0 amide bonds. The van der Waals surface area contributed by atoms with Crippen LogP contribution < -0.4 is 11.1 Å². The number of nitrogen functional groups attached to an aromatic ring is 1. The van der Waals surface area contributed by atoms with Gasteiger partial charge in [0.2, 0.25) is 0 Å². The highest BCUT2D eigenvalue weighted by Crippen LogP contribution is 2.36. The van der Waals surface area contributed by atoms with Crippen molar-refractivity contribution < 1.29 is 4.74 Å². The molecule has 0 aliphatic carbocycles. The summed E-state index contributed by atoms with van der Waals surface area (Å²) in [7, 11) is 0. The Morgan fingerprint density at radius 3 is 2.75 bits per heavy atom. The number of rotatable bonds is 7. The lowest BCUT2D eigenvalue weighted by Gasteiger charge is -2.09. The Kier molecular flexibility index (Phi) is 5.38. The number of hydrogen-bond donors (Lipinski definition) is 2. The zero-order chi connectivity index (χ0) is 14.4. The first-order chi connectivity index (χ1) is 9.68. The van der Waals surface area contributed by atoms with Gasteiger partial charge >= 0.3 is 0 Å². The minimum absolute atomic E-state index is 0.564. The molecule has 0 atom stereocenters. The third-order valence-corrected chi connectivity index (χ3v) is 3.58. The number of aromatic nitrogens is 1. The number of benzene rings is 1. The first kappa shape index (κ1) is 14.8. The van der Waals surface area contributed by atoms with Gasteiger partial charge in [-0.1, -0.05) is 44.2 Å². The molecule has 2 aromatic rings. The van der Waals surface area contributed by atoms with Crippen LogP contribution in [0.25, 0.3) is 11.1 Å². The van der Waals surface area contributed by atoms with Crippen molar-refractivity contribution in [3.05, 3.63) is 30.3 Å². The molecule has 20 heavy (non-hydrogen) atoms. The second-order valence-corrected chi connectivity index (χ2v) is 5.81. The second-order valence-electron chi connectivity index (χ2n) is 5.03. The predicted molar refractivity (Wildman–Crippen MR) is 86.1 cm³/mol. The van der Waals surface area contributed by atoms with Gasteiger partial charge in [0.15, 0.2) is 0 Å². The molecule has 0 fully saturated rings. The smallest absolute Gasteiger partial charge is 0.147 e. The largest absolute Gasteiger partial charge is 0.382 e. The Labute approximate surface area is 124 Å². The summed E-state index contributed by atoms with van der Waals surface area (Å²) in [6, 6.07) is 10.1. The molecule has 0 unspecified atom stereocenters. The van der Waals surface area contributed by atoms with Gasteiger partial charge in [0.1, 0.15) is 10.8 Å². The summed E-state index contributed by atoms with van der Waals surface area (Å²) >= 11 is 1.39. The van der Waals surface area contributed by atoms with E-state index in [1.54, 1.807) is 0 Å². The summed E-state index contributed by atoms with van der Waals surface area (Å²) in [4.78, 5) is 0. The summed E-state index contributed by atoms with van der Waals surface area (Å²) < 4.78 is 9.80. The van der Waals surface area contributed by atoms with Gasteiger partial charge in [-0.15, -0.1) is 0 Å². The van der Waals surface area contributed by atoms with Crippen LogP contribution in [0.4, 0.5) is 10.8 Å². The van der Waals surface area contributed by atoms with E-state index in [1.807, 2.05) is 30.3 Å². The van der Waals surface area contributed by atoms with Crippen LogP contribution in [0, 0.1) is 5.92 Å². The van der Waals surface area contributed by atoms with Crippen LogP contribution >= 0.6 is 11.5 Å². The van der Waals surface area contributed by atoms with Crippen LogP contribution in [0.15, 0.2) is 30.3 Å². The summed E-state index contributed by atoms with van der Waals surface area (Å²) in [5.74, 6) is 1.14. The second kappa shape index (κ2) is 7.26. The van der Waals surface area contributed by atoms with Crippen LogP contribution in [0.2, 0.25) is 0 Å². The fourth-order valence-electron chi connectivity index (χ4n) is 1.86. The van der Waals surface area contributed by atoms with Gasteiger partial charge in [-0.05, 0) is 23.0 Å². The van der Waals surface area contributed by atoms with Crippen molar-refractivity contribution in [2.24, 2.45) is 5.92 Å². The number of nitrogens with two attached hydrogens (primary N) is 1. The first-order valence-corrected chi connectivity index (χ1v) is 7.58. The zero-order valence-electron chi connectivity index (χ0n) is 11.9. The number of nitrogens with zero attached hydrogens (tertiary/aromatic N) is 1. The Morgan fingerprint density at radius 2 is 2.05 bits per heavy atom. The molecular weight excluding hydrogens is 270 g/mol. The van der Waals surface area contributed by atoms with Gasteiger partial charge in [0.05, 0.1) is 12.2 Å². The van der Waals surface area contributed by atoms with E-state index in [-0.39, 0.29) is 0 Å². The maximum Gasteiger partial charge on any atom is 0.147 e. The van der Waals surface area contributed by atoms with Crippen LogP contribution in [0.5, 0.6) is 0 Å². The fourth-order valence-corrected chi connectivity index (χ4v) is 2.62. The average Bonchev–Trinajstić information content (AvgIpc) is 2.80. The Balaban J connectivity index is 1.96. The van der Waals surface area contributed by atoms with Crippen LogP contribution in [0.1, 0.15) is 13.8 Å². The molecule has 1 heterocycles. The van der Waals surface area contributed by atoms with E-state index in [1.165, 1.54) is 11.5 Å². The molecule has 0 radical (unpaired) electrons. The molecule has 0 saturated heterocycles. The predicted octanol–water partition coefficient (Wildman–Crippen LogP) is 3.48. The summed E-state index contributed by atoms with van der Waals surface area (Å²) in [5.41, 5.74) is 8.04. The third-order valence-electron chi connectivity index (χ3n) is 2.76. The molecule has 0 saturated carbocycles. The fraction of sp³-hybridized carbons (Fsp3) is 0.400. The van der Waals surface area contributed by atoms with Gasteiger partial charge in [-0.3, -0.25) is 0 Å². The number of nitrogens with one attached hydrogen (secondary N) is 1. The van der Waals surface area contributed by atoms with E-state index in [2.05, 4.69) is 23.5 Å². The molecule has 4 nitrogen and oxygen atoms in total. The van der Waals surface area contributed by atoms with Gasteiger partial charge in [-0.2, -0.15) is 4.37 Å². The number of ether oxygens (including phenoxy) is 1. The van der Waals surface area contributed by atoms with E-state index in [0.29, 0.717) is 18.3 Å². The molecule has 0 aliphatic heterocycles. The van der Waals surface area contributed by atoms with Crippen LogP contribution in [-0.2, 0) is 4.74 Å². The van der Waals surface area contributed by atoms with Gasteiger partial charge in [-0.25, -0.2) is 0 Å². The van der Waals surface area contributed by atoms with E-state index < -0.39 is 0 Å². The Hall–Kier alpha value is -1.59. The highest BCUT2D eigenvalue weighted by molar-refractivity contribution is 7.11. The van der Waals surface area contributed by atoms with Crippen molar-refractivity contribution in [1.82, 2.24) is 4.37 Å². The SMILES string of the molecule is CC(C)COCCNc1snc(N)c1-c1ccccc1. The molecule has 1 aromatic heterocycles. The number of hydrogen-bond acceptors (Lipinski definition) is 5.